The van der Waals surface area contributed by atoms with Crippen LogP contribution < -0.4 is 16.0 Å². The lowest BCUT2D eigenvalue weighted by Gasteiger charge is -2.26. The standard InChI is InChI=1S/C19H37N5O.HI/c1-2-20-19(23-13-12-21-18(25)17-9-10-17)22-11-5-3-6-14-24-15-7-4-8-16-24;/h17H,2-16H2,1H3,(H,21,25)(H2,20,22,23);1H. The van der Waals surface area contributed by atoms with E-state index in [1.165, 1.54) is 51.7 Å². The minimum absolute atomic E-state index is 0. The average molecular weight is 479 g/mol. The maximum absolute atomic E-state index is 11.6. The number of amides is 1. The number of guanidine groups is 1. The summed E-state index contributed by atoms with van der Waals surface area (Å²) < 4.78 is 0. The number of nitrogens with zero attached hydrogens (tertiary/aromatic N) is 2. The highest BCUT2D eigenvalue weighted by Gasteiger charge is 2.28. The minimum Gasteiger partial charge on any atom is -0.357 e. The fourth-order valence-corrected chi connectivity index (χ4v) is 3.20. The van der Waals surface area contributed by atoms with Crippen molar-refractivity contribution in [3.8, 4) is 0 Å². The van der Waals surface area contributed by atoms with E-state index >= 15 is 0 Å². The van der Waals surface area contributed by atoms with Crippen LogP contribution in [0.3, 0.4) is 0 Å². The smallest absolute Gasteiger partial charge is 0.223 e. The summed E-state index contributed by atoms with van der Waals surface area (Å²) in [6, 6.07) is 0. The molecule has 26 heavy (non-hydrogen) atoms. The number of unbranched alkanes of at least 4 members (excludes halogenated alkanes) is 2. The van der Waals surface area contributed by atoms with Crippen LogP contribution in [0.1, 0.15) is 58.3 Å². The number of rotatable bonds is 11. The maximum Gasteiger partial charge on any atom is 0.223 e. The van der Waals surface area contributed by atoms with Crippen LogP contribution in [0.25, 0.3) is 0 Å². The third-order valence-electron chi connectivity index (χ3n) is 4.86. The van der Waals surface area contributed by atoms with Crippen LogP contribution in [-0.2, 0) is 4.79 Å². The first-order chi connectivity index (χ1) is 12.3. The molecule has 0 spiro atoms. The number of halogens is 1. The van der Waals surface area contributed by atoms with Crippen molar-refractivity contribution < 1.29 is 4.79 Å². The van der Waals surface area contributed by atoms with Gasteiger partial charge in [0.2, 0.25) is 5.91 Å². The second-order valence-electron chi connectivity index (χ2n) is 7.22. The van der Waals surface area contributed by atoms with Gasteiger partial charge in [-0.15, -0.1) is 24.0 Å². The predicted molar refractivity (Wildman–Crippen MR) is 119 cm³/mol. The Morgan fingerprint density at radius 2 is 1.73 bits per heavy atom. The van der Waals surface area contributed by atoms with Gasteiger partial charge in [0, 0.05) is 32.1 Å². The van der Waals surface area contributed by atoms with E-state index in [0.29, 0.717) is 6.54 Å². The zero-order chi connectivity index (χ0) is 17.7. The van der Waals surface area contributed by atoms with Gasteiger partial charge in [0.05, 0.1) is 0 Å². The van der Waals surface area contributed by atoms with Crippen LogP contribution in [-0.4, -0.2) is 62.6 Å². The van der Waals surface area contributed by atoms with Crippen LogP contribution >= 0.6 is 24.0 Å². The molecule has 2 aliphatic rings. The highest BCUT2D eigenvalue weighted by molar-refractivity contribution is 14.0. The molecular formula is C19H38IN5O. The summed E-state index contributed by atoms with van der Waals surface area (Å²) in [5.41, 5.74) is 0. The fourth-order valence-electron chi connectivity index (χ4n) is 3.20. The van der Waals surface area contributed by atoms with Gasteiger partial charge in [-0.2, -0.15) is 0 Å². The molecule has 6 nitrogen and oxygen atoms in total. The molecule has 0 aromatic carbocycles. The van der Waals surface area contributed by atoms with E-state index in [9.17, 15) is 4.79 Å². The second kappa shape index (κ2) is 14.5. The van der Waals surface area contributed by atoms with Crippen LogP contribution in [0.2, 0.25) is 0 Å². The van der Waals surface area contributed by atoms with Gasteiger partial charge in [0.1, 0.15) is 0 Å². The molecule has 0 atom stereocenters. The van der Waals surface area contributed by atoms with E-state index in [-0.39, 0.29) is 35.8 Å². The van der Waals surface area contributed by atoms with Gasteiger partial charge in [-0.05, 0) is 65.1 Å². The molecule has 0 radical (unpaired) electrons. The van der Waals surface area contributed by atoms with E-state index < -0.39 is 0 Å². The van der Waals surface area contributed by atoms with Gasteiger partial charge in [0.15, 0.2) is 5.96 Å². The molecule has 1 amide bonds. The van der Waals surface area contributed by atoms with Crippen molar-refractivity contribution in [3.05, 3.63) is 0 Å². The monoisotopic (exact) mass is 479 g/mol. The molecule has 7 heteroatoms. The fraction of sp³-hybridized carbons (Fsp3) is 0.895. The summed E-state index contributed by atoms with van der Waals surface area (Å²) in [6.07, 6.45) is 9.95. The Kier molecular flexibility index (Phi) is 13.1. The van der Waals surface area contributed by atoms with Crippen molar-refractivity contribution in [1.82, 2.24) is 20.9 Å². The molecule has 3 N–H and O–H groups in total. The van der Waals surface area contributed by atoms with Crippen molar-refractivity contribution in [1.29, 1.82) is 0 Å². The van der Waals surface area contributed by atoms with Crippen LogP contribution in [0.15, 0.2) is 4.99 Å². The first kappa shape index (κ1) is 23.5. The Morgan fingerprint density at radius 1 is 1.00 bits per heavy atom. The number of carbonyl (C=O) groups excluding carboxylic acids is 1. The van der Waals surface area contributed by atoms with Crippen LogP contribution in [0, 0.1) is 5.92 Å². The Balaban J connectivity index is 0.00000338. The summed E-state index contributed by atoms with van der Waals surface area (Å²) in [4.78, 5) is 18.8. The molecule has 1 saturated carbocycles. The molecule has 2 rings (SSSR count). The zero-order valence-corrected chi connectivity index (χ0v) is 18.7. The molecule has 0 aromatic heterocycles. The molecular weight excluding hydrogens is 441 g/mol. The number of likely N-dealkylation sites (tertiary alicyclic amines) is 1. The van der Waals surface area contributed by atoms with Crippen molar-refractivity contribution in [2.45, 2.75) is 58.3 Å². The normalized spacial score (nSPS) is 18.1. The Hall–Kier alpha value is -0.570. The zero-order valence-electron chi connectivity index (χ0n) is 16.4. The largest absolute Gasteiger partial charge is 0.357 e. The van der Waals surface area contributed by atoms with Crippen LogP contribution in [0.5, 0.6) is 0 Å². The SMILES string of the molecule is CCNC(=NCCCCCN1CCCCC1)NCCNC(=O)C1CC1.I. The molecule has 152 valence electrons. The van der Waals surface area contributed by atoms with Crippen molar-refractivity contribution in [3.63, 3.8) is 0 Å². The molecule has 1 heterocycles. The average Bonchev–Trinajstić information content (AvgIpc) is 3.47. The third-order valence-corrected chi connectivity index (χ3v) is 4.86. The lowest BCUT2D eigenvalue weighted by molar-refractivity contribution is -0.122. The quantitative estimate of drug-likeness (QED) is 0.184. The summed E-state index contributed by atoms with van der Waals surface area (Å²) >= 11 is 0. The Bertz CT molecular complexity index is 409. The van der Waals surface area contributed by atoms with E-state index in [1.807, 2.05) is 0 Å². The van der Waals surface area contributed by atoms with Crippen molar-refractivity contribution in [2.75, 3.05) is 45.8 Å². The molecule has 1 aliphatic heterocycles. The number of piperidine rings is 1. The molecule has 0 unspecified atom stereocenters. The van der Waals surface area contributed by atoms with E-state index in [2.05, 4.69) is 32.8 Å². The van der Waals surface area contributed by atoms with Crippen molar-refractivity contribution >= 4 is 35.8 Å². The van der Waals surface area contributed by atoms with E-state index in [1.54, 1.807) is 0 Å². The summed E-state index contributed by atoms with van der Waals surface area (Å²) in [6.45, 7) is 9.02. The molecule has 1 saturated heterocycles. The van der Waals surface area contributed by atoms with Gasteiger partial charge >= 0.3 is 0 Å². The van der Waals surface area contributed by atoms with Crippen molar-refractivity contribution in [2.24, 2.45) is 10.9 Å². The van der Waals surface area contributed by atoms with Gasteiger partial charge in [-0.1, -0.05) is 12.8 Å². The molecule has 0 bridgehead atoms. The number of aliphatic imine (C=N–C) groups is 1. The molecule has 0 aromatic rings. The summed E-state index contributed by atoms with van der Waals surface area (Å²) in [5.74, 6) is 1.35. The lowest BCUT2D eigenvalue weighted by atomic mass is 10.1. The number of carbonyl (C=O) groups is 1. The molecule has 2 fully saturated rings. The van der Waals surface area contributed by atoms with Gasteiger partial charge in [-0.25, -0.2) is 0 Å². The first-order valence-corrected chi connectivity index (χ1v) is 10.3. The maximum atomic E-state index is 11.6. The van der Waals surface area contributed by atoms with E-state index in [4.69, 9.17) is 0 Å². The number of hydrogen-bond acceptors (Lipinski definition) is 3. The Labute approximate surface area is 176 Å². The highest BCUT2D eigenvalue weighted by atomic mass is 127. The lowest BCUT2D eigenvalue weighted by Crippen LogP contribution is -2.41. The first-order valence-electron chi connectivity index (χ1n) is 10.3. The Morgan fingerprint density at radius 3 is 2.42 bits per heavy atom. The predicted octanol–water partition coefficient (Wildman–Crippen LogP) is 2.34. The second-order valence-corrected chi connectivity index (χ2v) is 7.22. The van der Waals surface area contributed by atoms with Gasteiger partial charge < -0.3 is 20.9 Å². The number of hydrogen-bond donors (Lipinski definition) is 3. The van der Waals surface area contributed by atoms with E-state index in [0.717, 1.165) is 44.9 Å². The number of nitrogens with one attached hydrogen (secondary N) is 3. The minimum atomic E-state index is 0. The summed E-state index contributed by atoms with van der Waals surface area (Å²) in [7, 11) is 0. The van der Waals surface area contributed by atoms with Gasteiger partial charge in [0.25, 0.3) is 0 Å². The van der Waals surface area contributed by atoms with Gasteiger partial charge in [-0.3, -0.25) is 9.79 Å². The third kappa shape index (κ3) is 10.5. The summed E-state index contributed by atoms with van der Waals surface area (Å²) in [5, 5.41) is 9.53. The highest BCUT2D eigenvalue weighted by Crippen LogP contribution is 2.28. The topological polar surface area (TPSA) is 68.8 Å². The molecule has 1 aliphatic carbocycles. The van der Waals surface area contributed by atoms with Crippen LogP contribution in [0.4, 0.5) is 0 Å².